The lowest BCUT2D eigenvalue weighted by atomic mass is 10.1. The molecule has 1 aromatic carbocycles. The van der Waals surface area contributed by atoms with Crippen molar-refractivity contribution in [3.05, 3.63) is 47.3 Å². The summed E-state index contributed by atoms with van der Waals surface area (Å²) in [5.74, 6) is 0.947. The number of hydrogen-bond donors (Lipinski definition) is 0. The van der Waals surface area contributed by atoms with E-state index in [1.165, 1.54) is 0 Å². The predicted molar refractivity (Wildman–Crippen MR) is 103 cm³/mol. The highest BCUT2D eigenvalue weighted by Gasteiger charge is 2.25. The van der Waals surface area contributed by atoms with Crippen molar-refractivity contribution in [2.75, 3.05) is 19.7 Å². The van der Waals surface area contributed by atoms with Crippen molar-refractivity contribution in [2.45, 2.75) is 46.1 Å². The molecule has 144 valence electrons. The molecule has 1 atom stereocenters. The number of rotatable bonds is 6. The average Bonchev–Trinajstić information content (AvgIpc) is 2.63. The number of ether oxygens (including phenoxy) is 2. The fraction of sp³-hybridized carbons (Fsp3) is 0.476. The van der Waals surface area contributed by atoms with Crippen LogP contribution in [0.5, 0.6) is 11.8 Å². The highest BCUT2D eigenvalue weighted by molar-refractivity contribution is 5.79. The van der Waals surface area contributed by atoms with E-state index in [9.17, 15) is 4.79 Å². The van der Waals surface area contributed by atoms with Gasteiger partial charge in [0.2, 0.25) is 5.91 Å². The molecule has 0 saturated carbocycles. The monoisotopic (exact) mass is 369 g/mol. The van der Waals surface area contributed by atoms with Crippen LogP contribution in [0.2, 0.25) is 0 Å². The number of aryl methyl sites for hydroxylation is 2. The molecule has 2 heterocycles. The zero-order valence-electron chi connectivity index (χ0n) is 16.3. The summed E-state index contributed by atoms with van der Waals surface area (Å²) < 4.78 is 11.4. The molecule has 1 aliphatic rings. The summed E-state index contributed by atoms with van der Waals surface area (Å²) >= 11 is 0. The average molecular weight is 369 g/mol. The van der Waals surface area contributed by atoms with Gasteiger partial charge in [-0.2, -0.15) is 0 Å². The number of carbonyl (C=O) groups is 1. The zero-order valence-corrected chi connectivity index (χ0v) is 16.3. The van der Waals surface area contributed by atoms with Crippen LogP contribution in [0.15, 0.2) is 30.3 Å². The molecule has 1 aromatic heterocycles. The number of nitrogens with zero attached hydrogens (tertiary/aromatic N) is 3. The number of amides is 1. The number of carbonyl (C=O) groups excluding carboxylic acids is 1. The molecule has 0 bridgehead atoms. The van der Waals surface area contributed by atoms with Gasteiger partial charge in [0, 0.05) is 17.9 Å². The van der Waals surface area contributed by atoms with Crippen LogP contribution in [-0.4, -0.2) is 46.6 Å². The molecule has 1 saturated heterocycles. The van der Waals surface area contributed by atoms with Gasteiger partial charge < -0.3 is 14.4 Å². The first-order chi connectivity index (χ1) is 13.0. The minimum absolute atomic E-state index is 0.0655. The number of benzene rings is 1. The number of aromatic nitrogens is 2. The second kappa shape index (κ2) is 8.84. The third kappa shape index (κ3) is 5.42. The third-order valence-electron chi connectivity index (χ3n) is 4.55. The maximum absolute atomic E-state index is 12.7. The first-order valence-electron chi connectivity index (χ1n) is 9.52. The van der Waals surface area contributed by atoms with Crippen LogP contribution in [0.4, 0.5) is 0 Å². The highest BCUT2D eigenvalue weighted by Crippen LogP contribution is 2.18. The summed E-state index contributed by atoms with van der Waals surface area (Å²) in [5, 5.41) is 0. The van der Waals surface area contributed by atoms with Gasteiger partial charge in [0.25, 0.3) is 0 Å². The van der Waals surface area contributed by atoms with Gasteiger partial charge in [-0.05, 0) is 57.4 Å². The van der Waals surface area contributed by atoms with Gasteiger partial charge in [0.15, 0.2) is 0 Å². The molecular formula is C21H27N3O3. The van der Waals surface area contributed by atoms with Crippen LogP contribution in [0, 0.1) is 13.8 Å². The Labute approximate surface area is 160 Å². The van der Waals surface area contributed by atoms with Crippen molar-refractivity contribution in [3.63, 3.8) is 0 Å². The summed E-state index contributed by atoms with van der Waals surface area (Å²) in [6, 6.07) is 10.0. The Morgan fingerprint density at radius 1 is 1.19 bits per heavy atom. The molecule has 0 spiro atoms. The van der Waals surface area contributed by atoms with Crippen molar-refractivity contribution >= 4 is 5.91 Å². The van der Waals surface area contributed by atoms with Crippen molar-refractivity contribution in [3.8, 4) is 11.8 Å². The first-order valence-corrected chi connectivity index (χ1v) is 9.52. The summed E-state index contributed by atoms with van der Waals surface area (Å²) in [6.45, 7) is 7.78. The van der Waals surface area contributed by atoms with E-state index in [-0.39, 0.29) is 12.0 Å². The van der Waals surface area contributed by atoms with Gasteiger partial charge in [-0.25, -0.2) is 9.97 Å². The normalized spacial score (nSPS) is 16.9. The topological polar surface area (TPSA) is 64.5 Å². The van der Waals surface area contributed by atoms with Gasteiger partial charge in [0.05, 0.1) is 19.6 Å². The Morgan fingerprint density at radius 3 is 2.56 bits per heavy atom. The molecule has 2 aromatic rings. The lowest BCUT2D eigenvalue weighted by Gasteiger charge is -2.32. The first kappa shape index (κ1) is 19.1. The summed E-state index contributed by atoms with van der Waals surface area (Å²) in [5.41, 5.74) is 2.76. The number of likely N-dealkylation sites (tertiary alicyclic amines) is 1. The Balaban J connectivity index is 1.57. The molecule has 1 unspecified atom stereocenters. The van der Waals surface area contributed by atoms with Gasteiger partial charge in [-0.3, -0.25) is 4.79 Å². The van der Waals surface area contributed by atoms with Crippen molar-refractivity contribution in [1.29, 1.82) is 0 Å². The summed E-state index contributed by atoms with van der Waals surface area (Å²) in [6.07, 6.45) is 2.15. The Morgan fingerprint density at radius 2 is 1.89 bits per heavy atom. The van der Waals surface area contributed by atoms with Crippen LogP contribution >= 0.6 is 0 Å². The number of piperidine rings is 1. The van der Waals surface area contributed by atoms with Gasteiger partial charge in [-0.1, -0.05) is 12.1 Å². The van der Waals surface area contributed by atoms with E-state index < -0.39 is 0 Å². The molecule has 1 fully saturated rings. The predicted octanol–water partition coefficient (Wildman–Crippen LogP) is 3.10. The minimum Gasteiger partial charge on any atom is -0.494 e. The SMILES string of the molecule is CCOc1ccc(CC(=O)N2CCCC(Oc3nc(C)cc(C)n3)C2)cc1. The standard InChI is InChI=1S/C21H27N3O3/c1-4-26-18-9-7-17(8-10-18)13-20(25)24-11-5-6-19(14-24)27-21-22-15(2)12-16(3)23-21/h7-10,12,19H,4-6,11,13-14H2,1-3H3. The molecule has 0 N–H and O–H groups in total. The Hall–Kier alpha value is -2.63. The molecule has 0 aliphatic carbocycles. The maximum Gasteiger partial charge on any atom is 0.317 e. The van der Waals surface area contributed by atoms with E-state index in [0.717, 1.165) is 42.1 Å². The van der Waals surface area contributed by atoms with E-state index in [2.05, 4.69) is 9.97 Å². The third-order valence-corrected chi connectivity index (χ3v) is 4.55. The van der Waals surface area contributed by atoms with Crippen LogP contribution in [0.3, 0.4) is 0 Å². The van der Waals surface area contributed by atoms with E-state index in [4.69, 9.17) is 9.47 Å². The molecule has 6 nitrogen and oxygen atoms in total. The Kier molecular flexibility index (Phi) is 6.27. The molecule has 27 heavy (non-hydrogen) atoms. The lowest BCUT2D eigenvalue weighted by molar-refractivity contribution is -0.133. The largest absolute Gasteiger partial charge is 0.494 e. The Bertz CT molecular complexity index is 756. The van der Waals surface area contributed by atoms with Crippen LogP contribution in [0.1, 0.15) is 36.7 Å². The fourth-order valence-corrected chi connectivity index (χ4v) is 3.31. The summed E-state index contributed by atoms with van der Waals surface area (Å²) in [7, 11) is 0. The fourth-order valence-electron chi connectivity index (χ4n) is 3.31. The van der Waals surface area contributed by atoms with E-state index >= 15 is 0 Å². The number of hydrogen-bond acceptors (Lipinski definition) is 5. The van der Waals surface area contributed by atoms with Gasteiger partial charge >= 0.3 is 6.01 Å². The smallest absolute Gasteiger partial charge is 0.317 e. The molecular weight excluding hydrogens is 342 g/mol. The van der Waals surface area contributed by atoms with E-state index in [1.807, 2.05) is 56.0 Å². The zero-order chi connectivity index (χ0) is 19.2. The second-order valence-corrected chi connectivity index (χ2v) is 6.91. The molecule has 1 aliphatic heterocycles. The van der Waals surface area contributed by atoms with Crippen LogP contribution in [0.25, 0.3) is 0 Å². The van der Waals surface area contributed by atoms with Crippen molar-refractivity contribution < 1.29 is 14.3 Å². The molecule has 0 radical (unpaired) electrons. The van der Waals surface area contributed by atoms with E-state index in [0.29, 0.717) is 25.6 Å². The quantitative estimate of drug-likeness (QED) is 0.783. The van der Waals surface area contributed by atoms with Gasteiger partial charge in [-0.15, -0.1) is 0 Å². The van der Waals surface area contributed by atoms with Crippen LogP contribution in [-0.2, 0) is 11.2 Å². The second-order valence-electron chi connectivity index (χ2n) is 6.91. The van der Waals surface area contributed by atoms with E-state index in [1.54, 1.807) is 0 Å². The lowest BCUT2D eigenvalue weighted by Crippen LogP contribution is -2.45. The van der Waals surface area contributed by atoms with Crippen molar-refractivity contribution in [2.24, 2.45) is 0 Å². The molecule has 6 heteroatoms. The molecule has 3 rings (SSSR count). The maximum atomic E-state index is 12.7. The van der Waals surface area contributed by atoms with Gasteiger partial charge in [0.1, 0.15) is 11.9 Å². The van der Waals surface area contributed by atoms with Crippen molar-refractivity contribution in [1.82, 2.24) is 14.9 Å². The minimum atomic E-state index is -0.0655. The molecule has 1 amide bonds. The summed E-state index contributed by atoms with van der Waals surface area (Å²) in [4.78, 5) is 23.3. The van der Waals surface area contributed by atoms with Crippen LogP contribution < -0.4 is 9.47 Å². The highest BCUT2D eigenvalue weighted by atomic mass is 16.5.